The van der Waals surface area contributed by atoms with E-state index in [1.165, 1.54) is 16.9 Å². The number of hydrogen-bond acceptors (Lipinski definition) is 5. The SMILES string of the molecule is C=CCn1c(NCCn2cnc3ccccc32)nc2sc3c(c2c1=O)CCCC3. The van der Waals surface area contributed by atoms with Crippen LogP contribution in [0.2, 0.25) is 0 Å². The lowest BCUT2D eigenvalue weighted by molar-refractivity contribution is 0.697. The number of aromatic nitrogens is 4. The van der Waals surface area contributed by atoms with E-state index in [-0.39, 0.29) is 5.56 Å². The molecule has 0 bridgehead atoms. The van der Waals surface area contributed by atoms with Gasteiger partial charge in [-0.25, -0.2) is 9.97 Å². The van der Waals surface area contributed by atoms with E-state index in [9.17, 15) is 4.79 Å². The Hall–Kier alpha value is -2.93. The van der Waals surface area contributed by atoms with E-state index in [2.05, 4.69) is 27.5 Å². The van der Waals surface area contributed by atoms with Gasteiger partial charge in [0.2, 0.25) is 5.95 Å². The number of rotatable bonds is 6. The Morgan fingerprint density at radius 2 is 2.10 bits per heavy atom. The molecule has 5 rings (SSSR count). The Morgan fingerprint density at radius 1 is 1.24 bits per heavy atom. The van der Waals surface area contributed by atoms with Crippen molar-refractivity contribution in [3.63, 3.8) is 0 Å². The van der Waals surface area contributed by atoms with Gasteiger partial charge in [0, 0.05) is 24.5 Å². The molecule has 1 aromatic carbocycles. The van der Waals surface area contributed by atoms with Crippen molar-refractivity contribution in [2.75, 3.05) is 11.9 Å². The summed E-state index contributed by atoms with van der Waals surface area (Å²) in [7, 11) is 0. The maximum Gasteiger partial charge on any atom is 0.264 e. The lowest BCUT2D eigenvalue weighted by Gasteiger charge is -2.14. The van der Waals surface area contributed by atoms with E-state index in [1.54, 1.807) is 22.0 Å². The van der Waals surface area contributed by atoms with Crippen molar-refractivity contribution in [2.24, 2.45) is 0 Å². The Kier molecular flexibility index (Phi) is 4.67. The summed E-state index contributed by atoms with van der Waals surface area (Å²) < 4.78 is 3.82. The molecule has 4 aromatic rings. The number of para-hydroxylation sites is 2. The van der Waals surface area contributed by atoms with Gasteiger partial charge in [-0.3, -0.25) is 9.36 Å². The summed E-state index contributed by atoms with van der Waals surface area (Å²) in [5.74, 6) is 0.616. The average molecular weight is 406 g/mol. The summed E-state index contributed by atoms with van der Waals surface area (Å²) >= 11 is 1.68. The predicted octanol–water partition coefficient (Wildman–Crippen LogP) is 3.98. The molecule has 1 N–H and O–H groups in total. The van der Waals surface area contributed by atoms with Crippen LogP contribution < -0.4 is 10.9 Å². The van der Waals surface area contributed by atoms with Gasteiger partial charge in [-0.1, -0.05) is 18.2 Å². The van der Waals surface area contributed by atoms with Crippen molar-refractivity contribution in [1.29, 1.82) is 0 Å². The lowest BCUT2D eigenvalue weighted by Crippen LogP contribution is -2.26. The quantitative estimate of drug-likeness (QED) is 0.493. The molecule has 3 aromatic heterocycles. The molecule has 29 heavy (non-hydrogen) atoms. The molecule has 3 heterocycles. The molecule has 0 spiro atoms. The van der Waals surface area contributed by atoms with Crippen molar-refractivity contribution in [3.8, 4) is 0 Å². The first kappa shape index (κ1) is 18.1. The molecule has 0 amide bonds. The standard InChI is InChI=1S/C22H23N5OS/c1-2-12-27-21(28)19-15-7-3-6-10-18(15)29-20(19)25-22(27)23-11-13-26-14-24-16-8-4-5-9-17(16)26/h2,4-5,8-9,14H,1,3,6-7,10-13H2,(H,23,25). The van der Waals surface area contributed by atoms with Crippen LogP contribution >= 0.6 is 11.3 Å². The van der Waals surface area contributed by atoms with Crippen molar-refractivity contribution >= 4 is 38.5 Å². The highest BCUT2D eigenvalue weighted by molar-refractivity contribution is 7.18. The minimum Gasteiger partial charge on any atom is -0.354 e. The third kappa shape index (κ3) is 3.15. The summed E-state index contributed by atoms with van der Waals surface area (Å²) in [6.45, 7) is 5.66. The van der Waals surface area contributed by atoms with Crippen LogP contribution in [0.3, 0.4) is 0 Å². The lowest BCUT2D eigenvalue weighted by atomic mass is 9.97. The zero-order valence-electron chi connectivity index (χ0n) is 16.2. The maximum atomic E-state index is 13.3. The first-order valence-corrected chi connectivity index (χ1v) is 10.9. The number of thiophene rings is 1. The molecule has 1 aliphatic rings. The Morgan fingerprint density at radius 3 is 3.00 bits per heavy atom. The van der Waals surface area contributed by atoms with Crippen LogP contribution in [0.4, 0.5) is 5.95 Å². The molecular weight excluding hydrogens is 382 g/mol. The van der Waals surface area contributed by atoms with Gasteiger partial charge in [-0.05, 0) is 43.4 Å². The molecule has 0 atom stereocenters. The number of benzene rings is 1. The highest BCUT2D eigenvalue weighted by Gasteiger charge is 2.21. The number of anilines is 1. The molecule has 0 fully saturated rings. The number of aryl methyl sites for hydroxylation is 2. The van der Waals surface area contributed by atoms with Crippen LogP contribution in [0.1, 0.15) is 23.3 Å². The van der Waals surface area contributed by atoms with E-state index in [0.717, 1.165) is 47.1 Å². The molecule has 7 heteroatoms. The van der Waals surface area contributed by atoms with Crippen LogP contribution in [0, 0.1) is 0 Å². The minimum absolute atomic E-state index is 0.0462. The van der Waals surface area contributed by atoms with E-state index in [4.69, 9.17) is 4.98 Å². The summed E-state index contributed by atoms with van der Waals surface area (Å²) in [6, 6.07) is 8.08. The van der Waals surface area contributed by atoms with Crippen LogP contribution in [-0.4, -0.2) is 25.6 Å². The minimum atomic E-state index is 0.0462. The molecule has 0 aliphatic heterocycles. The summed E-state index contributed by atoms with van der Waals surface area (Å²) in [4.78, 5) is 24.7. The third-order valence-electron chi connectivity index (χ3n) is 5.55. The van der Waals surface area contributed by atoms with Crippen molar-refractivity contribution in [1.82, 2.24) is 19.1 Å². The van der Waals surface area contributed by atoms with Gasteiger partial charge in [-0.15, -0.1) is 17.9 Å². The van der Waals surface area contributed by atoms with E-state index >= 15 is 0 Å². The van der Waals surface area contributed by atoms with Crippen LogP contribution in [0.25, 0.3) is 21.3 Å². The topological polar surface area (TPSA) is 64.7 Å². The zero-order chi connectivity index (χ0) is 19.8. The molecule has 1 aliphatic carbocycles. The molecule has 0 unspecified atom stereocenters. The van der Waals surface area contributed by atoms with E-state index < -0.39 is 0 Å². The molecule has 6 nitrogen and oxygen atoms in total. The number of nitrogens with zero attached hydrogens (tertiary/aromatic N) is 4. The number of imidazole rings is 1. The smallest absolute Gasteiger partial charge is 0.264 e. The summed E-state index contributed by atoms with van der Waals surface area (Å²) in [5.41, 5.74) is 3.36. The Labute approximate surface area is 172 Å². The molecular formula is C22H23N5OS. The van der Waals surface area contributed by atoms with Crippen LogP contribution in [0.15, 0.2) is 48.0 Å². The second kappa shape index (κ2) is 7.48. The highest BCUT2D eigenvalue weighted by atomic mass is 32.1. The van der Waals surface area contributed by atoms with Crippen LogP contribution in [0.5, 0.6) is 0 Å². The first-order valence-electron chi connectivity index (χ1n) is 10.1. The fourth-order valence-corrected chi connectivity index (χ4v) is 5.40. The Balaban J connectivity index is 1.46. The molecule has 0 saturated heterocycles. The summed E-state index contributed by atoms with van der Waals surface area (Å²) in [5, 5.41) is 4.19. The predicted molar refractivity (Wildman–Crippen MR) is 119 cm³/mol. The number of hydrogen-bond donors (Lipinski definition) is 1. The Bertz CT molecular complexity index is 1270. The van der Waals surface area contributed by atoms with Crippen molar-refractivity contribution in [2.45, 2.75) is 38.8 Å². The fourth-order valence-electron chi connectivity index (χ4n) is 4.15. The number of fused-ring (bicyclic) bond motifs is 4. The number of nitrogens with one attached hydrogen (secondary N) is 1. The monoisotopic (exact) mass is 405 g/mol. The van der Waals surface area contributed by atoms with Gasteiger partial charge in [0.1, 0.15) is 4.83 Å². The largest absolute Gasteiger partial charge is 0.354 e. The van der Waals surface area contributed by atoms with Crippen molar-refractivity contribution in [3.05, 3.63) is 64.0 Å². The zero-order valence-corrected chi connectivity index (χ0v) is 17.0. The average Bonchev–Trinajstić information content (AvgIpc) is 3.32. The normalized spacial score (nSPS) is 13.7. The van der Waals surface area contributed by atoms with E-state index in [0.29, 0.717) is 19.0 Å². The van der Waals surface area contributed by atoms with Gasteiger partial charge in [0.25, 0.3) is 5.56 Å². The van der Waals surface area contributed by atoms with Crippen LogP contribution in [-0.2, 0) is 25.9 Å². The van der Waals surface area contributed by atoms with E-state index in [1.807, 2.05) is 24.5 Å². The van der Waals surface area contributed by atoms with Crippen molar-refractivity contribution < 1.29 is 0 Å². The third-order valence-corrected chi connectivity index (χ3v) is 6.74. The summed E-state index contributed by atoms with van der Waals surface area (Å²) in [6.07, 6.45) is 8.01. The van der Waals surface area contributed by atoms with Gasteiger partial charge in [0.15, 0.2) is 0 Å². The molecule has 0 radical (unpaired) electrons. The fraction of sp³-hybridized carbons (Fsp3) is 0.318. The highest BCUT2D eigenvalue weighted by Crippen LogP contribution is 2.34. The first-order chi connectivity index (χ1) is 14.3. The second-order valence-corrected chi connectivity index (χ2v) is 8.47. The van der Waals surface area contributed by atoms with Gasteiger partial charge in [-0.2, -0.15) is 0 Å². The number of allylic oxidation sites excluding steroid dienone is 1. The molecule has 148 valence electrons. The van der Waals surface area contributed by atoms with Gasteiger partial charge < -0.3 is 9.88 Å². The molecule has 0 saturated carbocycles. The van der Waals surface area contributed by atoms with Gasteiger partial charge in [0.05, 0.1) is 22.7 Å². The second-order valence-electron chi connectivity index (χ2n) is 7.38. The van der Waals surface area contributed by atoms with Gasteiger partial charge >= 0.3 is 0 Å². The maximum absolute atomic E-state index is 13.3.